The van der Waals surface area contributed by atoms with Gasteiger partial charge in [0.05, 0.1) is 12.2 Å². The van der Waals surface area contributed by atoms with Crippen LogP contribution in [0, 0.1) is 0 Å². The molecular weight excluding hydrogens is 192 g/mol. The smallest absolute Gasteiger partial charge is 0.0975 e. The zero-order chi connectivity index (χ0) is 11.1. The highest BCUT2D eigenvalue weighted by Crippen LogP contribution is 2.16. The van der Waals surface area contributed by atoms with Crippen molar-refractivity contribution >= 4 is 0 Å². The van der Waals surface area contributed by atoms with Gasteiger partial charge in [0.15, 0.2) is 0 Å². The summed E-state index contributed by atoms with van der Waals surface area (Å²) in [7, 11) is 0. The Morgan fingerprint density at radius 1 is 1.13 bits per heavy atom. The largest absolute Gasteiger partial charge is 0.374 e. The summed E-state index contributed by atoms with van der Waals surface area (Å²) in [5.74, 6) is 0. The van der Waals surface area contributed by atoms with E-state index in [0.717, 1.165) is 45.8 Å². The van der Waals surface area contributed by atoms with Gasteiger partial charge < -0.3 is 15.2 Å². The van der Waals surface area contributed by atoms with E-state index in [2.05, 4.69) is 4.90 Å². The Bertz CT molecular complexity index is 153. The fourth-order valence-corrected chi connectivity index (χ4v) is 2.06. The van der Waals surface area contributed by atoms with Crippen LogP contribution in [0.5, 0.6) is 0 Å². The third kappa shape index (κ3) is 4.07. The van der Waals surface area contributed by atoms with Crippen LogP contribution in [0.1, 0.15) is 20.3 Å². The molecule has 0 saturated carbocycles. The third-order valence-corrected chi connectivity index (χ3v) is 2.73. The van der Waals surface area contributed by atoms with Crippen LogP contribution in [-0.4, -0.2) is 56.5 Å². The maximum absolute atomic E-state index is 5.68. The van der Waals surface area contributed by atoms with Crippen molar-refractivity contribution in [3.63, 3.8) is 0 Å². The SMILES string of the molecule is CCO[C@H]1CN(CCCN)C[C@@H]1OCC. The number of ether oxygens (including phenoxy) is 2. The molecule has 0 radical (unpaired) electrons. The summed E-state index contributed by atoms with van der Waals surface area (Å²) in [6, 6.07) is 0. The Morgan fingerprint density at radius 2 is 1.67 bits per heavy atom. The van der Waals surface area contributed by atoms with Crippen molar-refractivity contribution in [2.45, 2.75) is 32.5 Å². The minimum Gasteiger partial charge on any atom is -0.374 e. The Hall–Kier alpha value is -0.160. The molecule has 0 aromatic heterocycles. The number of hydrogen-bond acceptors (Lipinski definition) is 4. The number of likely N-dealkylation sites (tertiary alicyclic amines) is 1. The van der Waals surface area contributed by atoms with Crippen LogP contribution in [0.25, 0.3) is 0 Å². The van der Waals surface area contributed by atoms with Gasteiger partial charge in [-0.1, -0.05) is 0 Å². The van der Waals surface area contributed by atoms with Gasteiger partial charge in [-0.05, 0) is 33.4 Å². The van der Waals surface area contributed by atoms with Crippen molar-refractivity contribution in [3.8, 4) is 0 Å². The molecule has 2 N–H and O–H groups in total. The molecule has 1 aliphatic rings. The molecule has 1 fully saturated rings. The third-order valence-electron chi connectivity index (χ3n) is 2.73. The molecule has 90 valence electrons. The van der Waals surface area contributed by atoms with Gasteiger partial charge in [-0.15, -0.1) is 0 Å². The predicted molar refractivity (Wildman–Crippen MR) is 60.9 cm³/mol. The molecule has 4 heteroatoms. The molecular formula is C11H24N2O2. The maximum atomic E-state index is 5.68. The minimum absolute atomic E-state index is 0.243. The lowest BCUT2D eigenvalue weighted by Crippen LogP contribution is -2.29. The average Bonchev–Trinajstić information content (AvgIpc) is 2.59. The number of hydrogen-bond donors (Lipinski definition) is 1. The predicted octanol–water partition coefficient (Wildman–Crippen LogP) is 0.461. The van der Waals surface area contributed by atoms with E-state index < -0.39 is 0 Å². The van der Waals surface area contributed by atoms with Gasteiger partial charge in [-0.25, -0.2) is 0 Å². The van der Waals surface area contributed by atoms with Crippen molar-refractivity contribution in [3.05, 3.63) is 0 Å². The molecule has 1 aliphatic heterocycles. The number of nitrogens with two attached hydrogens (primary N) is 1. The Balaban J connectivity index is 2.34. The highest BCUT2D eigenvalue weighted by Gasteiger charge is 2.33. The molecule has 15 heavy (non-hydrogen) atoms. The van der Waals surface area contributed by atoms with Crippen molar-refractivity contribution < 1.29 is 9.47 Å². The molecule has 1 heterocycles. The molecule has 0 aromatic carbocycles. The van der Waals surface area contributed by atoms with Crippen LogP contribution in [-0.2, 0) is 9.47 Å². The minimum atomic E-state index is 0.243. The van der Waals surface area contributed by atoms with Crippen LogP contribution in [0.3, 0.4) is 0 Å². The lowest BCUT2D eigenvalue weighted by Gasteiger charge is -2.17. The van der Waals surface area contributed by atoms with Gasteiger partial charge in [-0.2, -0.15) is 0 Å². The summed E-state index contributed by atoms with van der Waals surface area (Å²) in [5, 5.41) is 0. The second-order valence-corrected chi connectivity index (χ2v) is 3.89. The topological polar surface area (TPSA) is 47.7 Å². The Labute approximate surface area is 92.7 Å². The van der Waals surface area contributed by atoms with E-state index in [0.29, 0.717) is 0 Å². The van der Waals surface area contributed by atoms with Crippen LogP contribution in [0.2, 0.25) is 0 Å². The molecule has 0 aromatic rings. The number of rotatable bonds is 7. The Morgan fingerprint density at radius 3 is 2.07 bits per heavy atom. The first-order chi connectivity index (χ1) is 7.31. The monoisotopic (exact) mass is 216 g/mol. The molecule has 4 nitrogen and oxygen atoms in total. The number of nitrogens with zero attached hydrogens (tertiary/aromatic N) is 1. The fraction of sp³-hybridized carbons (Fsp3) is 1.00. The second-order valence-electron chi connectivity index (χ2n) is 3.89. The van der Waals surface area contributed by atoms with Gasteiger partial charge in [-0.3, -0.25) is 4.90 Å². The summed E-state index contributed by atoms with van der Waals surface area (Å²) in [6.45, 7) is 9.38. The zero-order valence-electron chi connectivity index (χ0n) is 9.95. The van der Waals surface area contributed by atoms with E-state index in [4.69, 9.17) is 15.2 Å². The van der Waals surface area contributed by atoms with E-state index in [1.807, 2.05) is 13.8 Å². The van der Waals surface area contributed by atoms with Gasteiger partial charge >= 0.3 is 0 Å². The molecule has 2 atom stereocenters. The molecule has 1 rings (SSSR count). The average molecular weight is 216 g/mol. The van der Waals surface area contributed by atoms with Gasteiger partial charge in [0.25, 0.3) is 0 Å². The van der Waals surface area contributed by atoms with E-state index >= 15 is 0 Å². The fourth-order valence-electron chi connectivity index (χ4n) is 2.06. The standard InChI is InChI=1S/C11H24N2O2/c1-3-14-10-8-13(7-5-6-12)9-11(10)15-4-2/h10-11H,3-9,12H2,1-2H3/t10-,11-/m0/s1. The van der Waals surface area contributed by atoms with E-state index in [9.17, 15) is 0 Å². The zero-order valence-corrected chi connectivity index (χ0v) is 9.95. The lowest BCUT2D eigenvalue weighted by molar-refractivity contribution is -0.0388. The molecule has 0 aliphatic carbocycles. The van der Waals surface area contributed by atoms with Crippen LogP contribution >= 0.6 is 0 Å². The van der Waals surface area contributed by atoms with Crippen molar-refractivity contribution in [1.29, 1.82) is 0 Å². The highest BCUT2D eigenvalue weighted by molar-refractivity contribution is 4.86. The highest BCUT2D eigenvalue weighted by atomic mass is 16.5. The van der Waals surface area contributed by atoms with Crippen LogP contribution < -0.4 is 5.73 Å². The summed E-state index contributed by atoms with van der Waals surface area (Å²) in [6.07, 6.45) is 1.54. The summed E-state index contributed by atoms with van der Waals surface area (Å²) in [5.41, 5.74) is 5.50. The van der Waals surface area contributed by atoms with E-state index in [-0.39, 0.29) is 12.2 Å². The summed E-state index contributed by atoms with van der Waals surface area (Å²) in [4.78, 5) is 2.38. The Kier molecular flexibility index (Phi) is 6.17. The first kappa shape index (κ1) is 12.9. The molecule has 0 amide bonds. The van der Waals surface area contributed by atoms with Crippen molar-refractivity contribution in [2.24, 2.45) is 5.73 Å². The van der Waals surface area contributed by atoms with E-state index in [1.165, 1.54) is 0 Å². The van der Waals surface area contributed by atoms with Gasteiger partial charge in [0.2, 0.25) is 0 Å². The van der Waals surface area contributed by atoms with Crippen LogP contribution in [0.15, 0.2) is 0 Å². The van der Waals surface area contributed by atoms with Gasteiger partial charge in [0, 0.05) is 26.3 Å². The van der Waals surface area contributed by atoms with Gasteiger partial charge in [0.1, 0.15) is 0 Å². The normalized spacial score (nSPS) is 27.4. The lowest BCUT2D eigenvalue weighted by atomic mass is 10.2. The molecule has 0 spiro atoms. The molecule has 0 unspecified atom stereocenters. The summed E-state index contributed by atoms with van der Waals surface area (Å²) < 4.78 is 11.4. The van der Waals surface area contributed by atoms with Crippen molar-refractivity contribution in [2.75, 3.05) is 39.4 Å². The van der Waals surface area contributed by atoms with Crippen molar-refractivity contribution in [1.82, 2.24) is 4.90 Å². The first-order valence-electron chi connectivity index (χ1n) is 5.97. The molecule has 0 bridgehead atoms. The first-order valence-corrected chi connectivity index (χ1v) is 5.97. The second kappa shape index (κ2) is 7.17. The van der Waals surface area contributed by atoms with Crippen LogP contribution in [0.4, 0.5) is 0 Å². The quantitative estimate of drug-likeness (QED) is 0.671. The maximum Gasteiger partial charge on any atom is 0.0975 e. The van der Waals surface area contributed by atoms with E-state index in [1.54, 1.807) is 0 Å². The molecule has 1 saturated heterocycles. The summed E-state index contributed by atoms with van der Waals surface area (Å²) >= 11 is 0.